The van der Waals surface area contributed by atoms with Gasteiger partial charge in [-0.25, -0.2) is 0 Å². The lowest BCUT2D eigenvalue weighted by Gasteiger charge is -2.36. The Kier molecular flexibility index (Phi) is 3.16. The molecule has 1 heterocycles. The number of thioether (sulfide) groups is 1. The third-order valence-electron chi connectivity index (χ3n) is 3.58. The Balaban J connectivity index is 1.90. The summed E-state index contributed by atoms with van der Waals surface area (Å²) < 4.78 is 0. The van der Waals surface area contributed by atoms with Crippen molar-refractivity contribution in [3.05, 3.63) is 0 Å². The Morgan fingerprint density at radius 2 is 1.69 bits per heavy atom. The summed E-state index contributed by atoms with van der Waals surface area (Å²) in [7, 11) is 0. The van der Waals surface area contributed by atoms with Crippen LogP contribution in [0.25, 0.3) is 0 Å². The van der Waals surface area contributed by atoms with Crippen molar-refractivity contribution in [1.29, 1.82) is 5.26 Å². The summed E-state index contributed by atoms with van der Waals surface area (Å²) in [6.45, 7) is 0. The lowest BCUT2D eigenvalue weighted by Crippen LogP contribution is -2.29. The van der Waals surface area contributed by atoms with Gasteiger partial charge in [-0.1, -0.05) is 6.42 Å². The van der Waals surface area contributed by atoms with Crippen LogP contribution in [0, 0.1) is 29.1 Å². The summed E-state index contributed by atoms with van der Waals surface area (Å²) in [6, 6.07) is 2.56. The van der Waals surface area contributed by atoms with Crippen LogP contribution < -0.4 is 0 Å². The van der Waals surface area contributed by atoms with E-state index in [2.05, 4.69) is 17.8 Å². The molecule has 1 nitrogen and oxygen atoms in total. The molecule has 2 heteroatoms. The fourth-order valence-corrected chi connectivity index (χ4v) is 3.61. The van der Waals surface area contributed by atoms with Gasteiger partial charge >= 0.3 is 0 Å². The molecule has 0 spiro atoms. The highest BCUT2D eigenvalue weighted by molar-refractivity contribution is 7.99. The first-order chi connectivity index (χ1) is 6.42. The summed E-state index contributed by atoms with van der Waals surface area (Å²) in [5.74, 6) is 4.47. The van der Waals surface area contributed by atoms with Crippen LogP contribution in [-0.2, 0) is 0 Å². The van der Waals surface area contributed by atoms with Crippen LogP contribution >= 0.6 is 11.8 Å². The van der Waals surface area contributed by atoms with E-state index >= 15 is 0 Å². The normalized spacial score (nSPS) is 27.6. The van der Waals surface area contributed by atoms with Gasteiger partial charge in [-0.15, -0.1) is 0 Å². The highest BCUT2D eigenvalue weighted by atomic mass is 32.2. The Morgan fingerprint density at radius 1 is 1.08 bits per heavy atom. The van der Waals surface area contributed by atoms with Gasteiger partial charge in [0.15, 0.2) is 0 Å². The Labute approximate surface area is 84.9 Å². The third-order valence-corrected chi connectivity index (χ3v) is 4.63. The standard InChI is InChI=1S/C11H17NS/c12-8-11(9-2-1-3-9)10-4-6-13-7-5-10/h9-11H,1-7H2. The molecule has 0 bridgehead atoms. The van der Waals surface area contributed by atoms with E-state index in [1.54, 1.807) is 0 Å². The van der Waals surface area contributed by atoms with Crippen LogP contribution in [0.15, 0.2) is 0 Å². The molecule has 2 rings (SSSR count). The molecule has 0 radical (unpaired) electrons. The van der Waals surface area contributed by atoms with Gasteiger partial charge in [0.2, 0.25) is 0 Å². The number of nitrogens with zero attached hydrogens (tertiary/aromatic N) is 1. The Hall–Kier alpha value is -0.160. The first-order valence-corrected chi connectivity index (χ1v) is 6.54. The van der Waals surface area contributed by atoms with Gasteiger partial charge in [0.1, 0.15) is 0 Å². The fourth-order valence-electron chi connectivity index (χ4n) is 2.47. The summed E-state index contributed by atoms with van der Waals surface area (Å²) in [5.41, 5.74) is 0. The number of hydrogen-bond donors (Lipinski definition) is 0. The zero-order chi connectivity index (χ0) is 9.10. The average Bonchev–Trinajstić information content (AvgIpc) is 2.12. The van der Waals surface area contributed by atoms with Gasteiger partial charge in [0.05, 0.1) is 12.0 Å². The van der Waals surface area contributed by atoms with Crippen molar-refractivity contribution in [2.45, 2.75) is 32.1 Å². The molecule has 1 saturated carbocycles. The lowest BCUT2D eigenvalue weighted by molar-refractivity contribution is 0.181. The van der Waals surface area contributed by atoms with E-state index in [1.807, 2.05) is 0 Å². The molecule has 1 aliphatic carbocycles. The molecule has 2 fully saturated rings. The largest absolute Gasteiger partial charge is 0.198 e. The predicted molar refractivity (Wildman–Crippen MR) is 56.5 cm³/mol. The van der Waals surface area contributed by atoms with Crippen LogP contribution in [0.3, 0.4) is 0 Å². The van der Waals surface area contributed by atoms with Gasteiger partial charge in [0.25, 0.3) is 0 Å². The Morgan fingerprint density at radius 3 is 2.15 bits per heavy atom. The zero-order valence-corrected chi connectivity index (χ0v) is 8.85. The number of hydrogen-bond acceptors (Lipinski definition) is 2. The third kappa shape index (κ3) is 2.02. The lowest BCUT2D eigenvalue weighted by atomic mass is 9.70. The van der Waals surface area contributed by atoms with Crippen molar-refractivity contribution in [3.8, 4) is 6.07 Å². The summed E-state index contributed by atoms with van der Waals surface area (Å²) in [6.07, 6.45) is 6.59. The van der Waals surface area contributed by atoms with Gasteiger partial charge in [-0.05, 0) is 49.0 Å². The monoisotopic (exact) mass is 195 g/mol. The molecule has 1 aliphatic heterocycles. The second kappa shape index (κ2) is 4.37. The summed E-state index contributed by atoms with van der Waals surface area (Å²) in [4.78, 5) is 0. The highest BCUT2D eigenvalue weighted by Crippen LogP contribution is 2.41. The molecule has 0 aromatic carbocycles. The maximum Gasteiger partial charge on any atom is 0.0661 e. The molecule has 0 aromatic rings. The SMILES string of the molecule is N#CC(C1CCC1)C1CCSCC1. The van der Waals surface area contributed by atoms with Gasteiger partial charge < -0.3 is 0 Å². The van der Waals surface area contributed by atoms with Crippen molar-refractivity contribution in [1.82, 2.24) is 0 Å². The molecule has 2 aliphatic rings. The first kappa shape index (κ1) is 9.40. The minimum Gasteiger partial charge on any atom is -0.198 e. The molecular formula is C11H17NS. The maximum absolute atomic E-state index is 9.16. The Bertz CT molecular complexity index is 199. The molecule has 72 valence electrons. The van der Waals surface area contributed by atoms with E-state index in [-0.39, 0.29) is 0 Å². The highest BCUT2D eigenvalue weighted by Gasteiger charge is 2.33. The van der Waals surface area contributed by atoms with Crippen LogP contribution in [0.1, 0.15) is 32.1 Å². The van der Waals surface area contributed by atoms with Gasteiger partial charge in [-0.2, -0.15) is 17.0 Å². The second-order valence-corrected chi connectivity index (χ2v) is 5.52. The van der Waals surface area contributed by atoms with E-state index in [1.165, 1.54) is 43.6 Å². The van der Waals surface area contributed by atoms with E-state index in [4.69, 9.17) is 5.26 Å². The fraction of sp³-hybridized carbons (Fsp3) is 0.909. The molecule has 0 amide bonds. The van der Waals surface area contributed by atoms with Crippen LogP contribution in [0.4, 0.5) is 0 Å². The van der Waals surface area contributed by atoms with E-state index in [9.17, 15) is 0 Å². The smallest absolute Gasteiger partial charge is 0.0661 e. The summed E-state index contributed by atoms with van der Waals surface area (Å²) in [5, 5.41) is 9.16. The molecule has 0 N–H and O–H groups in total. The van der Waals surface area contributed by atoms with Crippen molar-refractivity contribution in [2.75, 3.05) is 11.5 Å². The maximum atomic E-state index is 9.16. The van der Waals surface area contributed by atoms with Gasteiger partial charge in [-0.3, -0.25) is 0 Å². The first-order valence-electron chi connectivity index (χ1n) is 5.39. The van der Waals surface area contributed by atoms with Crippen LogP contribution in [0.2, 0.25) is 0 Å². The van der Waals surface area contributed by atoms with Crippen LogP contribution in [0.5, 0.6) is 0 Å². The van der Waals surface area contributed by atoms with Crippen molar-refractivity contribution in [3.63, 3.8) is 0 Å². The summed E-state index contributed by atoms with van der Waals surface area (Å²) >= 11 is 2.05. The minimum absolute atomic E-state index is 0.398. The molecule has 13 heavy (non-hydrogen) atoms. The molecule has 1 atom stereocenters. The topological polar surface area (TPSA) is 23.8 Å². The minimum atomic E-state index is 0.398. The van der Waals surface area contributed by atoms with Crippen LogP contribution in [-0.4, -0.2) is 11.5 Å². The van der Waals surface area contributed by atoms with Crippen molar-refractivity contribution < 1.29 is 0 Å². The molecule has 0 aromatic heterocycles. The number of rotatable bonds is 2. The molecular weight excluding hydrogens is 178 g/mol. The number of nitriles is 1. The zero-order valence-electron chi connectivity index (χ0n) is 8.04. The van der Waals surface area contributed by atoms with Crippen molar-refractivity contribution in [2.24, 2.45) is 17.8 Å². The predicted octanol–water partition coefficient (Wildman–Crippen LogP) is 3.07. The molecule has 1 saturated heterocycles. The van der Waals surface area contributed by atoms with Crippen molar-refractivity contribution >= 4 is 11.8 Å². The average molecular weight is 195 g/mol. The van der Waals surface area contributed by atoms with E-state index < -0.39 is 0 Å². The molecule has 1 unspecified atom stereocenters. The van der Waals surface area contributed by atoms with Gasteiger partial charge in [0, 0.05) is 0 Å². The van der Waals surface area contributed by atoms with E-state index in [0.29, 0.717) is 5.92 Å². The second-order valence-electron chi connectivity index (χ2n) is 4.30. The quantitative estimate of drug-likeness (QED) is 0.676. The van der Waals surface area contributed by atoms with E-state index in [0.717, 1.165) is 11.8 Å².